The van der Waals surface area contributed by atoms with Crippen molar-refractivity contribution >= 4 is 0 Å². The maximum atomic E-state index is 14.6. The molecule has 1 heterocycles. The topological polar surface area (TPSA) is 15.3 Å². The Morgan fingerprint density at radius 2 is 1.95 bits per heavy atom. The summed E-state index contributed by atoms with van der Waals surface area (Å²) in [7, 11) is 2.08. The molecule has 2 atom stereocenters. The van der Waals surface area contributed by atoms with Gasteiger partial charge in [-0.15, -0.1) is 0 Å². The van der Waals surface area contributed by atoms with Gasteiger partial charge in [-0.2, -0.15) is 0 Å². The minimum absolute atomic E-state index is 0.562. The molecule has 1 N–H and O–H groups in total. The highest BCUT2D eigenvalue weighted by Gasteiger charge is 2.39. The summed E-state index contributed by atoms with van der Waals surface area (Å²) < 4.78 is 14.6. The van der Waals surface area contributed by atoms with Gasteiger partial charge in [-0.1, -0.05) is 30.3 Å². The molecule has 0 bridgehead atoms. The number of piperidine rings is 1. The number of nitrogens with zero attached hydrogens (tertiary/aromatic N) is 1. The van der Waals surface area contributed by atoms with Gasteiger partial charge in [-0.05, 0) is 44.8 Å². The van der Waals surface area contributed by atoms with E-state index in [4.69, 9.17) is 0 Å². The van der Waals surface area contributed by atoms with Crippen LogP contribution in [-0.4, -0.2) is 43.3 Å². The minimum atomic E-state index is -0.934. The van der Waals surface area contributed by atoms with Gasteiger partial charge in [0, 0.05) is 25.0 Å². The first-order valence-corrected chi connectivity index (χ1v) is 7.82. The van der Waals surface area contributed by atoms with Crippen LogP contribution in [0.3, 0.4) is 0 Å². The SMILES string of the molecule is CN1CCC(F)(CCNC2CC2c2ccccc2)CC1. The Morgan fingerprint density at radius 3 is 2.65 bits per heavy atom. The quantitative estimate of drug-likeness (QED) is 0.889. The summed E-state index contributed by atoms with van der Waals surface area (Å²) in [6.45, 7) is 2.60. The smallest absolute Gasteiger partial charge is 0.114 e. The summed E-state index contributed by atoms with van der Waals surface area (Å²) in [5, 5.41) is 3.54. The summed E-state index contributed by atoms with van der Waals surface area (Å²) in [6.07, 6.45) is 3.25. The Hall–Kier alpha value is -0.930. The molecular weight excluding hydrogens is 251 g/mol. The van der Waals surface area contributed by atoms with Crippen molar-refractivity contribution in [3.05, 3.63) is 35.9 Å². The van der Waals surface area contributed by atoms with Crippen LogP contribution in [0.15, 0.2) is 30.3 Å². The third-order valence-electron chi connectivity index (χ3n) is 4.88. The fourth-order valence-electron chi connectivity index (χ4n) is 3.24. The normalized spacial score (nSPS) is 29.3. The maximum Gasteiger partial charge on any atom is 0.114 e. The zero-order valence-electron chi connectivity index (χ0n) is 12.3. The van der Waals surface area contributed by atoms with Gasteiger partial charge in [0.25, 0.3) is 0 Å². The van der Waals surface area contributed by atoms with Crippen LogP contribution in [0.25, 0.3) is 0 Å². The molecule has 1 aromatic rings. The molecule has 0 radical (unpaired) electrons. The van der Waals surface area contributed by atoms with Crippen LogP contribution in [0.2, 0.25) is 0 Å². The van der Waals surface area contributed by atoms with Gasteiger partial charge < -0.3 is 10.2 Å². The van der Waals surface area contributed by atoms with Gasteiger partial charge >= 0.3 is 0 Å². The highest BCUT2D eigenvalue weighted by Crippen LogP contribution is 2.40. The van der Waals surface area contributed by atoms with Gasteiger partial charge in [-0.3, -0.25) is 0 Å². The number of benzene rings is 1. The highest BCUT2D eigenvalue weighted by molar-refractivity contribution is 5.27. The van der Waals surface area contributed by atoms with Crippen LogP contribution < -0.4 is 5.32 Å². The molecule has 20 heavy (non-hydrogen) atoms. The fraction of sp³-hybridized carbons (Fsp3) is 0.647. The van der Waals surface area contributed by atoms with E-state index in [0.29, 0.717) is 31.2 Å². The van der Waals surface area contributed by atoms with Crippen molar-refractivity contribution in [3.8, 4) is 0 Å². The van der Waals surface area contributed by atoms with Gasteiger partial charge in [0.05, 0.1) is 0 Å². The van der Waals surface area contributed by atoms with Gasteiger partial charge in [0.1, 0.15) is 5.67 Å². The van der Waals surface area contributed by atoms with E-state index in [2.05, 4.69) is 47.6 Å². The molecule has 0 aromatic heterocycles. The second-order valence-corrected chi connectivity index (χ2v) is 6.52. The Bertz CT molecular complexity index is 426. The van der Waals surface area contributed by atoms with Gasteiger partial charge in [0.15, 0.2) is 0 Å². The number of halogens is 1. The summed E-state index contributed by atoms with van der Waals surface area (Å²) >= 11 is 0. The molecule has 1 saturated carbocycles. The Labute approximate surface area is 121 Å². The van der Waals surface area contributed by atoms with Crippen molar-refractivity contribution < 1.29 is 4.39 Å². The lowest BCUT2D eigenvalue weighted by Crippen LogP contribution is -2.41. The molecule has 1 aliphatic carbocycles. The van der Waals surface area contributed by atoms with Crippen LogP contribution in [0.5, 0.6) is 0 Å². The lowest BCUT2D eigenvalue weighted by atomic mass is 9.90. The molecule has 0 spiro atoms. The predicted octanol–water partition coefficient (Wildman–Crippen LogP) is 2.96. The molecule has 3 heteroatoms. The standard InChI is InChI=1S/C17H25FN2/c1-20-11-8-17(18,9-12-20)7-10-19-16-13-15(16)14-5-3-2-4-6-14/h2-6,15-16,19H,7-13H2,1H3. The number of nitrogens with one attached hydrogen (secondary N) is 1. The lowest BCUT2D eigenvalue weighted by molar-refractivity contribution is 0.0614. The molecule has 110 valence electrons. The molecule has 1 aromatic carbocycles. The first-order chi connectivity index (χ1) is 9.66. The average Bonchev–Trinajstić information content (AvgIpc) is 3.23. The summed E-state index contributed by atoms with van der Waals surface area (Å²) in [5.41, 5.74) is 0.482. The van der Waals surface area contributed by atoms with E-state index >= 15 is 0 Å². The molecule has 3 rings (SSSR count). The number of likely N-dealkylation sites (tertiary alicyclic amines) is 1. The second kappa shape index (κ2) is 5.82. The molecule has 2 unspecified atom stereocenters. The predicted molar refractivity (Wildman–Crippen MR) is 80.8 cm³/mol. The molecule has 0 amide bonds. The average molecular weight is 276 g/mol. The summed E-state index contributed by atoms with van der Waals surface area (Å²) in [6, 6.07) is 11.2. The van der Waals surface area contributed by atoms with E-state index in [9.17, 15) is 4.39 Å². The van der Waals surface area contributed by atoms with E-state index in [0.717, 1.165) is 19.6 Å². The molecule has 1 aliphatic heterocycles. The Balaban J connectivity index is 1.39. The van der Waals surface area contributed by atoms with Crippen molar-refractivity contribution in [1.29, 1.82) is 0 Å². The fourth-order valence-corrected chi connectivity index (χ4v) is 3.24. The van der Waals surface area contributed by atoms with Gasteiger partial charge in [-0.25, -0.2) is 4.39 Å². The zero-order chi connectivity index (χ0) is 14.0. The molecule has 1 saturated heterocycles. The third kappa shape index (κ3) is 3.39. The zero-order valence-corrected chi connectivity index (χ0v) is 12.3. The van der Waals surface area contributed by atoms with Crippen LogP contribution in [0, 0.1) is 0 Å². The van der Waals surface area contributed by atoms with Crippen molar-refractivity contribution in [3.63, 3.8) is 0 Å². The van der Waals surface area contributed by atoms with E-state index in [-0.39, 0.29) is 0 Å². The monoisotopic (exact) mass is 276 g/mol. The number of rotatable bonds is 5. The van der Waals surface area contributed by atoms with E-state index in [1.54, 1.807) is 0 Å². The van der Waals surface area contributed by atoms with E-state index in [1.165, 1.54) is 12.0 Å². The van der Waals surface area contributed by atoms with Crippen molar-refractivity contribution in [2.24, 2.45) is 0 Å². The van der Waals surface area contributed by atoms with Crippen LogP contribution in [0.1, 0.15) is 37.2 Å². The Kier molecular flexibility index (Phi) is 4.08. The van der Waals surface area contributed by atoms with E-state index in [1.807, 2.05) is 0 Å². The van der Waals surface area contributed by atoms with Crippen molar-refractivity contribution in [1.82, 2.24) is 10.2 Å². The third-order valence-corrected chi connectivity index (χ3v) is 4.88. The Morgan fingerprint density at radius 1 is 1.25 bits per heavy atom. The maximum absolute atomic E-state index is 14.6. The molecular formula is C17H25FN2. The first-order valence-electron chi connectivity index (χ1n) is 7.82. The highest BCUT2D eigenvalue weighted by atomic mass is 19.1. The number of hydrogen-bond donors (Lipinski definition) is 1. The summed E-state index contributed by atoms with van der Waals surface area (Å²) in [5.74, 6) is 0.643. The van der Waals surface area contributed by atoms with Crippen LogP contribution in [0.4, 0.5) is 4.39 Å². The van der Waals surface area contributed by atoms with Crippen molar-refractivity contribution in [2.45, 2.75) is 43.3 Å². The van der Waals surface area contributed by atoms with E-state index < -0.39 is 5.67 Å². The molecule has 2 aliphatic rings. The number of hydrogen-bond acceptors (Lipinski definition) is 2. The van der Waals surface area contributed by atoms with Crippen LogP contribution in [-0.2, 0) is 0 Å². The summed E-state index contributed by atoms with van der Waals surface area (Å²) in [4.78, 5) is 2.22. The van der Waals surface area contributed by atoms with Crippen LogP contribution >= 0.6 is 0 Å². The first kappa shape index (κ1) is 14.0. The second-order valence-electron chi connectivity index (χ2n) is 6.52. The minimum Gasteiger partial charge on any atom is -0.313 e. The molecule has 2 nitrogen and oxygen atoms in total. The lowest BCUT2D eigenvalue weighted by Gasteiger charge is -2.34. The molecule has 2 fully saturated rings. The number of alkyl halides is 1. The van der Waals surface area contributed by atoms with Gasteiger partial charge in [0.2, 0.25) is 0 Å². The van der Waals surface area contributed by atoms with Crippen molar-refractivity contribution in [2.75, 3.05) is 26.7 Å². The largest absolute Gasteiger partial charge is 0.313 e.